The van der Waals surface area contributed by atoms with Crippen LogP contribution in [0.15, 0.2) is 18.2 Å². The van der Waals surface area contributed by atoms with Gasteiger partial charge in [0.1, 0.15) is 0 Å². The highest BCUT2D eigenvalue weighted by molar-refractivity contribution is 5.78. The highest BCUT2D eigenvalue weighted by atomic mass is 16.2. The zero-order valence-electron chi connectivity index (χ0n) is 9.92. The van der Waals surface area contributed by atoms with Gasteiger partial charge < -0.3 is 0 Å². The summed E-state index contributed by atoms with van der Waals surface area (Å²) >= 11 is 0. The van der Waals surface area contributed by atoms with Crippen LogP contribution in [0.1, 0.15) is 23.1 Å². The van der Waals surface area contributed by atoms with E-state index in [1.165, 1.54) is 30.4 Å². The molecule has 0 bridgehead atoms. The number of nitrogens with zero attached hydrogens (tertiary/aromatic N) is 1. The molecule has 3 heteroatoms. The molecule has 0 spiro atoms. The van der Waals surface area contributed by atoms with Crippen LogP contribution in [-0.4, -0.2) is 25.0 Å². The lowest BCUT2D eigenvalue weighted by Gasteiger charge is -2.12. The van der Waals surface area contributed by atoms with Crippen molar-refractivity contribution in [1.82, 2.24) is 10.4 Å². The van der Waals surface area contributed by atoms with Crippen LogP contribution in [0, 0.1) is 0 Å². The van der Waals surface area contributed by atoms with Gasteiger partial charge in [-0.3, -0.25) is 10.2 Å². The van der Waals surface area contributed by atoms with Crippen molar-refractivity contribution < 1.29 is 4.79 Å². The SMILES string of the molecule is CN(C)NC(=O)Cc1ccc2c(c1)CCC2. The van der Waals surface area contributed by atoms with Crippen molar-refractivity contribution in [2.45, 2.75) is 25.7 Å². The van der Waals surface area contributed by atoms with E-state index in [0.29, 0.717) is 6.42 Å². The van der Waals surface area contributed by atoms with Crippen molar-refractivity contribution in [2.75, 3.05) is 14.1 Å². The Hall–Kier alpha value is -1.35. The van der Waals surface area contributed by atoms with E-state index in [0.717, 1.165) is 5.56 Å². The molecule has 0 aliphatic heterocycles. The minimum absolute atomic E-state index is 0.0444. The molecule has 3 nitrogen and oxygen atoms in total. The molecule has 0 aromatic heterocycles. The third kappa shape index (κ3) is 2.61. The number of hydrogen-bond acceptors (Lipinski definition) is 2. The number of carbonyl (C=O) groups excluding carboxylic acids is 1. The number of rotatable bonds is 3. The van der Waals surface area contributed by atoms with Gasteiger partial charge in [0.2, 0.25) is 5.91 Å². The molecule has 1 amide bonds. The van der Waals surface area contributed by atoms with Crippen LogP contribution in [0.3, 0.4) is 0 Å². The summed E-state index contributed by atoms with van der Waals surface area (Å²) in [7, 11) is 3.64. The smallest absolute Gasteiger partial charge is 0.238 e. The Morgan fingerprint density at radius 3 is 2.81 bits per heavy atom. The Kier molecular flexibility index (Phi) is 3.25. The Morgan fingerprint density at radius 2 is 2.06 bits per heavy atom. The molecule has 1 aromatic carbocycles. The number of hydrogen-bond donors (Lipinski definition) is 1. The molecule has 86 valence electrons. The number of nitrogens with one attached hydrogen (secondary N) is 1. The second-order valence-electron chi connectivity index (χ2n) is 4.56. The average molecular weight is 218 g/mol. The molecular formula is C13H18N2O. The summed E-state index contributed by atoms with van der Waals surface area (Å²) in [5.74, 6) is 0.0444. The van der Waals surface area contributed by atoms with Crippen molar-refractivity contribution in [3.8, 4) is 0 Å². The summed E-state index contributed by atoms with van der Waals surface area (Å²) in [5, 5.41) is 1.68. The lowest BCUT2D eigenvalue weighted by Crippen LogP contribution is -2.37. The van der Waals surface area contributed by atoms with Gasteiger partial charge in [0, 0.05) is 14.1 Å². The van der Waals surface area contributed by atoms with Crippen molar-refractivity contribution in [3.63, 3.8) is 0 Å². The van der Waals surface area contributed by atoms with Crippen LogP contribution >= 0.6 is 0 Å². The predicted octanol–water partition coefficient (Wildman–Crippen LogP) is 1.31. The molecule has 0 fully saturated rings. The van der Waals surface area contributed by atoms with Gasteiger partial charge in [-0.1, -0.05) is 18.2 Å². The van der Waals surface area contributed by atoms with E-state index >= 15 is 0 Å². The number of fused-ring (bicyclic) bond motifs is 1. The van der Waals surface area contributed by atoms with Gasteiger partial charge in [0.25, 0.3) is 0 Å². The average Bonchev–Trinajstić information content (AvgIpc) is 2.63. The summed E-state index contributed by atoms with van der Waals surface area (Å²) in [4.78, 5) is 11.6. The maximum absolute atomic E-state index is 11.6. The van der Waals surface area contributed by atoms with Crippen LogP contribution in [0.5, 0.6) is 0 Å². The first-order valence-corrected chi connectivity index (χ1v) is 5.72. The van der Waals surface area contributed by atoms with Gasteiger partial charge >= 0.3 is 0 Å². The van der Waals surface area contributed by atoms with Crippen molar-refractivity contribution in [2.24, 2.45) is 0 Å². The summed E-state index contributed by atoms with van der Waals surface area (Å²) in [5.41, 5.74) is 6.75. The standard InChI is InChI=1S/C13H18N2O/c1-15(2)14-13(16)9-10-6-7-11-4-3-5-12(11)8-10/h6-8H,3-5,9H2,1-2H3,(H,14,16). The molecule has 1 aliphatic rings. The molecule has 0 saturated heterocycles. The predicted molar refractivity (Wildman–Crippen MR) is 64.0 cm³/mol. The Labute approximate surface area is 96.4 Å². The molecular weight excluding hydrogens is 200 g/mol. The molecule has 1 aliphatic carbocycles. The van der Waals surface area contributed by atoms with Crippen molar-refractivity contribution >= 4 is 5.91 Å². The maximum atomic E-state index is 11.6. The van der Waals surface area contributed by atoms with Gasteiger partial charge in [0.15, 0.2) is 0 Å². The molecule has 0 unspecified atom stereocenters. The molecule has 0 atom stereocenters. The van der Waals surface area contributed by atoms with Gasteiger partial charge in [0.05, 0.1) is 6.42 Å². The Bertz CT molecular complexity index is 399. The Balaban J connectivity index is 2.02. The normalized spacial score (nSPS) is 13.9. The summed E-state index contributed by atoms with van der Waals surface area (Å²) in [6.45, 7) is 0. The number of amides is 1. The number of benzene rings is 1. The van der Waals surface area contributed by atoms with E-state index < -0.39 is 0 Å². The fourth-order valence-electron chi connectivity index (χ4n) is 2.21. The third-order valence-corrected chi connectivity index (χ3v) is 2.88. The van der Waals surface area contributed by atoms with Crippen LogP contribution in [-0.2, 0) is 24.1 Å². The van der Waals surface area contributed by atoms with Gasteiger partial charge in [-0.15, -0.1) is 0 Å². The summed E-state index contributed by atoms with van der Waals surface area (Å²) in [6.07, 6.45) is 4.08. The van der Waals surface area contributed by atoms with Gasteiger partial charge in [-0.25, -0.2) is 5.01 Å². The molecule has 1 aromatic rings. The quantitative estimate of drug-likeness (QED) is 0.776. The fourth-order valence-corrected chi connectivity index (χ4v) is 2.21. The zero-order chi connectivity index (χ0) is 11.5. The van der Waals surface area contributed by atoms with Crippen molar-refractivity contribution in [3.05, 3.63) is 34.9 Å². The largest absolute Gasteiger partial charge is 0.289 e. The topological polar surface area (TPSA) is 32.3 Å². The molecule has 0 radical (unpaired) electrons. The molecule has 2 rings (SSSR count). The molecule has 1 N–H and O–H groups in total. The number of carbonyl (C=O) groups is 1. The minimum atomic E-state index is 0.0444. The lowest BCUT2D eigenvalue weighted by atomic mass is 10.0. The second kappa shape index (κ2) is 4.66. The minimum Gasteiger partial charge on any atom is -0.289 e. The van der Waals surface area contributed by atoms with E-state index in [4.69, 9.17) is 0 Å². The number of aryl methyl sites for hydroxylation is 2. The van der Waals surface area contributed by atoms with E-state index in [1.54, 1.807) is 5.01 Å². The van der Waals surface area contributed by atoms with Crippen LogP contribution in [0.4, 0.5) is 0 Å². The van der Waals surface area contributed by atoms with E-state index in [9.17, 15) is 4.79 Å². The monoisotopic (exact) mass is 218 g/mol. The maximum Gasteiger partial charge on any atom is 0.238 e. The van der Waals surface area contributed by atoms with Crippen LogP contribution in [0.2, 0.25) is 0 Å². The summed E-state index contributed by atoms with van der Waals surface area (Å²) in [6, 6.07) is 6.41. The number of hydrazine groups is 1. The first kappa shape index (κ1) is 11.1. The van der Waals surface area contributed by atoms with E-state index in [-0.39, 0.29) is 5.91 Å². The third-order valence-electron chi connectivity index (χ3n) is 2.88. The van der Waals surface area contributed by atoms with Gasteiger partial charge in [-0.2, -0.15) is 0 Å². The second-order valence-corrected chi connectivity index (χ2v) is 4.56. The fraction of sp³-hybridized carbons (Fsp3) is 0.462. The molecule has 0 saturated carbocycles. The highest BCUT2D eigenvalue weighted by Gasteiger charge is 2.12. The summed E-state index contributed by atoms with van der Waals surface area (Å²) < 4.78 is 0. The van der Waals surface area contributed by atoms with Crippen LogP contribution in [0.25, 0.3) is 0 Å². The lowest BCUT2D eigenvalue weighted by molar-refractivity contribution is -0.124. The first-order chi connectivity index (χ1) is 7.65. The molecule has 0 heterocycles. The molecule has 16 heavy (non-hydrogen) atoms. The van der Waals surface area contributed by atoms with Crippen molar-refractivity contribution in [1.29, 1.82) is 0 Å². The Morgan fingerprint density at radius 1 is 1.31 bits per heavy atom. The van der Waals surface area contributed by atoms with E-state index in [1.807, 2.05) is 14.1 Å². The first-order valence-electron chi connectivity index (χ1n) is 5.72. The van der Waals surface area contributed by atoms with E-state index in [2.05, 4.69) is 23.6 Å². The highest BCUT2D eigenvalue weighted by Crippen LogP contribution is 2.22. The van der Waals surface area contributed by atoms with Crippen LogP contribution < -0.4 is 5.43 Å². The van der Waals surface area contributed by atoms with Gasteiger partial charge in [-0.05, 0) is 36.0 Å². The zero-order valence-corrected chi connectivity index (χ0v) is 9.92.